The number of aromatic nitrogens is 1. The quantitative estimate of drug-likeness (QED) is 0.741. The van der Waals surface area contributed by atoms with Crippen molar-refractivity contribution in [3.63, 3.8) is 0 Å². The highest BCUT2D eigenvalue weighted by Crippen LogP contribution is 2.09. The monoisotopic (exact) mass is 221 g/mol. The molecule has 1 aliphatic heterocycles. The van der Waals surface area contributed by atoms with Crippen LogP contribution in [-0.2, 0) is 23.2 Å². The van der Waals surface area contributed by atoms with Crippen molar-refractivity contribution in [3.05, 3.63) is 24.0 Å². The van der Waals surface area contributed by atoms with E-state index in [1.54, 1.807) is 0 Å². The molecule has 1 aromatic heterocycles. The van der Waals surface area contributed by atoms with Crippen LogP contribution in [0.2, 0.25) is 0 Å². The first-order valence-electron chi connectivity index (χ1n) is 5.31. The number of hydrogen-bond donors (Lipinski definition) is 2. The predicted molar refractivity (Wildman–Crippen MR) is 58.4 cm³/mol. The molecule has 0 aromatic carbocycles. The summed E-state index contributed by atoms with van der Waals surface area (Å²) in [6, 6.07) is 3.89. The van der Waals surface area contributed by atoms with E-state index in [0.29, 0.717) is 19.5 Å². The number of nitrogens with one attached hydrogen (secondary N) is 2. The first-order chi connectivity index (χ1) is 7.66. The highest BCUT2D eigenvalue weighted by atomic mass is 16.2. The van der Waals surface area contributed by atoms with Crippen LogP contribution in [0.25, 0.3) is 0 Å². The van der Waals surface area contributed by atoms with Crippen LogP contribution >= 0.6 is 0 Å². The Labute approximate surface area is 93.8 Å². The summed E-state index contributed by atoms with van der Waals surface area (Å²) in [6.07, 6.45) is 2.24. The molecule has 0 aliphatic carbocycles. The molecular weight excluding hydrogens is 206 g/mol. The van der Waals surface area contributed by atoms with Gasteiger partial charge in [0, 0.05) is 31.9 Å². The van der Waals surface area contributed by atoms with Gasteiger partial charge < -0.3 is 15.2 Å². The van der Waals surface area contributed by atoms with Crippen LogP contribution in [0.3, 0.4) is 0 Å². The van der Waals surface area contributed by atoms with Crippen molar-refractivity contribution in [2.24, 2.45) is 13.0 Å². The van der Waals surface area contributed by atoms with Gasteiger partial charge in [0.1, 0.15) is 0 Å². The topological polar surface area (TPSA) is 63.1 Å². The molecule has 0 radical (unpaired) electrons. The fraction of sp³-hybridized carbons (Fsp3) is 0.455. The summed E-state index contributed by atoms with van der Waals surface area (Å²) < 4.78 is 1.96. The van der Waals surface area contributed by atoms with E-state index >= 15 is 0 Å². The Kier molecular flexibility index (Phi) is 2.94. The Hall–Kier alpha value is -1.78. The third-order valence-corrected chi connectivity index (χ3v) is 2.84. The van der Waals surface area contributed by atoms with Gasteiger partial charge in [0.15, 0.2) is 0 Å². The molecule has 0 bridgehead atoms. The SMILES string of the molecule is Cn1cccc1CNC(=O)C1CNC(=O)C1. The first-order valence-corrected chi connectivity index (χ1v) is 5.31. The summed E-state index contributed by atoms with van der Waals surface area (Å²) in [7, 11) is 1.93. The Bertz CT molecular complexity index is 411. The van der Waals surface area contributed by atoms with Crippen LogP contribution in [0.5, 0.6) is 0 Å². The van der Waals surface area contributed by atoms with E-state index < -0.39 is 0 Å². The largest absolute Gasteiger partial charge is 0.355 e. The summed E-state index contributed by atoms with van der Waals surface area (Å²) >= 11 is 0. The van der Waals surface area contributed by atoms with E-state index in [1.807, 2.05) is 29.9 Å². The lowest BCUT2D eigenvalue weighted by molar-refractivity contribution is -0.126. The second kappa shape index (κ2) is 4.38. The van der Waals surface area contributed by atoms with Crippen molar-refractivity contribution in [3.8, 4) is 0 Å². The lowest BCUT2D eigenvalue weighted by Crippen LogP contribution is -2.31. The van der Waals surface area contributed by atoms with Gasteiger partial charge in [-0.1, -0.05) is 0 Å². The molecule has 1 aromatic rings. The molecule has 0 saturated carbocycles. The number of hydrogen-bond acceptors (Lipinski definition) is 2. The molecule has 2 amide bonds. The fourth-order valence-electron chi connectivity index (χ4n) is 1.79. The van der Waals surface area contributed by atoms with Gasteiger partial charge >= 0.3 is 0 Å². The molecule has 0 spiro atoms. The second-order valence-electron chi connectivity index (χ2n) is 4.03. The summed E-state index contributed by atoms with van der Waals surface area (Å²) in [6.45, 7) is 0.963. The van der Waals surface area contributed by atoms with Gasteiger partial charge in [-0.3, -0.25) is 9.59 Å². The summed E-state index contributed by atoms with van der Waals surface area (Å²) in [5, 5.41) is 5.49. The average molecular weight is 221 g/mol. The van der Waals surface area contributed by atoms with Crippen LogP contribution in [0, 0.1) is 5.92 Å². The van der Waals surface area contributed by atoms with Crippen LogP contribution < -0.4 is 10.6 Å². The Balaban J connectivity index is 1.84. The van der Waals surface area contributed by atoms with Gasteiger partial charge in [-0.15, -0.1) is 0 Å². The maximum atomic E-state index is 11.7. The van der Waals surface area contributed by atoms with Gasteiger partial charge in [0.2, 0.25) is 11.8 Å². The Morgan fingerprint density at radius 3 is 3.06 bits per heavy atom. The second-order valence-corrected chi connectivity index (χ2v) is 4.03. The zero-order chi connectivity index (χ0) is 11.5. The molecular formula is C11H15N3O2. The highest BCUT2D eigenvalue weighted by molar-refractivity contribution is 5.89. The molecule has 1 aliphatic rings. The summed E-state index contributed by atoms with van der Waals surface area (Å²) in [4.78, 5) is 22.6. The van der Waals surface area contributed by atoms with Crippen LogP contribution in [0.15, 0.2) is 18.3 Å². The van der Waals surface area contributed by atoms with Gasteiger partial charge in [-0.2, -0.15) is 0 Å². The maximum absolute atomic E-state index is 11.7. The number of amides is 2. The van der Waals surface area contributed by atoms with Gasteiger partial charge in [-0.25, -0.2) is 0 Å². The third-order valence-electron chi connectivity index (χ3n) is 2.84. The molecule has 2 N–H and O–H groups in total. The van der Waals surface area contributed by atoms with E-state index in [9.17, 15) is 9.59 Å². The smallest absolute Gasteiger partial charge is 0.225 e. The maximum Gasteiger partial charge on any atom is 0.225 e. The zero-order valence-electron chi connectivity index (χ0n) is 9.19. The number of aryl methyl sites for hydroxylation is 1. The molecule has 1 fully saturated rings. The van der Waals surface area contributed by atoms with Gasteiger partial charge in [0.05, 0.1) is 12.5 Å². The van der Waals surface area contributed by atoms with Gasteiger partial charge in [0.25, 0.3) is 0 Å². The normalized spacial score (nSPS) is 19.6. The fourth-order valence-corrected chi connectivity index (χ4v) is 1.79. The molecule has 86 valence electrons. The van der Waals surface area contributed by atoms with Crippen LogP contribution in [-0.4, -0.2) is 22.9 Å². The Morgan fingerprint density at radius 1 is 1.69 bits per heavy atom. The molecule has 1 saturated heterocycles. The lowest BCUT2D eigenvalue weighted by Gasteiger charge is -2.09. The average Bonchev–Trinajstić information content (AvgIpc) is 2.84. The predicted octanol–water partition coefficient (Wildman–Crippen LogP) is -0.223. The molecule has 2 rings (SSSR count). The van der Waals surface area contributed by atoms with Crippen molar-refractivity contribution >= 4 is 11.8 Å². The van der Waals surface area contributed by atoms with Gasteiger partial charge in [-0.05, 0) is 12.1 Å². The molecule has 2 heterocycles. The minimum Gasteiger partial charge on any atom is -0.355 e. The van der Waals surface area contributed by atoms with Crippen LogP contribution in [0.1, 0.15) is 12.1 Å². The standard InChI is InChI=1S/C11H15N3O2/c1-14-4-2-3-9(14)7-13-11(16)8-5-10(15)12-6-8/h2-4,8H,5-7H2,1H3,(H,12,15)(H,13,16). The minimum atomic E-state index is -0.215. The van der Waals surface area contributed by atoms with E-state index in [0.717, 1.165) is 5.69 Å². The first kappa shape index (κ1) is 10.7. The minimum absolute atomic E-state index is 0.0426. The zero-order valence-corrected chi connectivity index (χ0v) is 9.19. The summed E-state index contributed by atoms with van der Waals surface area (Å²) in [5.41, 5.74) is 1.05. The highest BCUT2D eigenvalue weighted by Gasteiger charge is 2.27. The number of carbonyl (C=O) groups excluding carboxylic acids is 2. The van der Waals surface area contributed by atoms with Crippen LogP contribution in [0.4, 0.5) is 0 Å². The van der Waals surface area contributed by atoms with Crippen molar-refractivity contribution in [2.45, 2.75) is 13.0 Å². The molecule has 5 heteroatoms. The van der Waals surface area contributed by atoms with E-state index in [2.05, 4.69) is 10.6 Å². The molecule has 1 unspecified atom stereocenters. The van der Waals surface area contributed by atoms with E-state index in [-0.39, 0.29) is 17.7 Å². The number of rotatable bonds is 3. The third kappa shape index (κ3) is 2.24. The number of carbonyl (C=O) groups is 2. The van der Waals surface area contributed by atoms with E-state index in [4.69, 9.17) is 0 Å². The lowest BCUT2D eigenvalue weighted by atomic mass is 10.1. The number of nitrogens with zero attached hydrogens (tertiary/aromatic N) is 1. The Morgan fingerprint density at radius 2 is 2.50 bits per heavy atom. The molecule has 1 atom stereocenters. The van der Waals surface area contributed by atoms with Crippen molar-refractivity contribution < 1.29 is 9.59 Å². The van der Waals surface area contributed by atoms with Crippen molar-refractivity contribution in [1.82, 2.24) is 15.2 Å². The molecule has 16 heavy (non-hydrogen) atoms. The van der Waals surface area contributed by atoms with Crippen molar-refractivity contribution in [1.29, 1.82) is 0 Å². The van der Waals surface area contributed by atoms with Crippen molar-refractivity contribution in [2.75, 3.05) is 6.54 Å². The molecule has 5 nitrogen and oxygen atoms in total. The van der Waals surface area contributed by atoms with E-state index in [1.165, 1.54) is 0 Å². The summed E-state index contributed by atoms with van der Waals surface area (Å²) in [5.74, 6) is -0.314.